The van der Waals surface area contributed by atoms with Crippen LogP contribution in [0, 0.1) is 20.8 Å². The van der Waals surface area contributed by atoms with Crippen molar-refractivity contribution in [2.45, 2.75) is 62.5 Å². The fourth-order valence-corrected chi connectivity index (χ4v) is 4.93. The van der Waals surface area contributed by atoms with E-state index < -0.39 is 0 Å². The summed E-state index contributed by atoms with van der Waals surface area (Å²) in [7, 11) is 0. The number of benzene rings is 1. The summed E-state index contributed by atoms with van der Waals surface area (Å²) < 4.78 is 0.637. The van der Waals surface area contributed by atoms with Crippen molar-refractivity contribution < 1.29 is 0 Å². The molecule has 1 aromatic rings. The molecular formula is C15H20S. The van der Waals surface area contributed by atoms with E-state index in [1.54, 1.807) is 10.5 Å². The van der Waals surface area contributed by atoms with Gasteiger partial charge in [0.25, 0.3) is 0 Å². The normalized spacial score (nSPS) is 21.7. The van der Waals surface area contributed by atoms with E-state index in [9.17, 15) is 0 Å². The lowest BCUT2D eigenvalue weighted by Gasteiger charge is -2.45. The summed E-state index contributed by atoms with van der Waals surface area (Å²) in [6.07, 6.45) is 7.07. The molecule has 0 saturated heterocycles. The Kier molecular flexibility index (Phi) is 2.36. The lowest BCUT2D eigenvalue weighted by atomic mass is 9.79. The van der Waals surface area contributed by atoms with Crippen molar-refractivity contribution in [2.24, 2.45) is 0 Å². The molecule has 0 nitrogen and oxygen atoms in total. The first-order valence-corrected chi connectivity index (χ1v) is 7.22. The summed E-state index contributed by atoms with van der Waals surface area (Å²) in [4.78, 5) is 1.63. The molecule has 0 radical (unpaired) electrons. The zero-order valence-corrected chi connectivity index (χ0v) is 11.3. The lowest BCUT2D eigenvalue weighted by molar-refractivity contribution is 0.336. The van der Waals surface area contributed by atoms with E-state index in [0.717, 1.165) is 0 Å². The highest BCUT2D eigenvalue weighted by Crippen LogP contribution is 2.55. The van der Waals surface area contributed by atoms with E-state index in [4.69, 9.17) is 0 Å². The van der Waals surface area contributed by atoms with Crippen LogP contribution in [-0.4, -0.2) is 4.75 Å². The molecule has 16 heavy (non-hydrogen) atoms. The first kappa shape index (κ1) is 10.7. The second-order valence-electron chi connectivity index (χ2n) is 5.58. The number of rotatable bonds is 0. The summed E-state index contributed by atoms with van der Waals surface area (Å²) in [6.45, 7) is 6.84. The highest BCUT2D eigenvalue weighted by atomic mass is 32.2. The van der Waals surface area contributed by atoms with E-state index >= 15 is 0 Å². The van der Waals surface area contributed by atoms with Gasteiger partial charge in [-0.3, -0.25) is 0 Å². The van der Waals surface area contributed by atoms with Crippen molar-refractivity contribution in [3.05, 3.63) is 28.3 Å². The van der Waals surface area contributed by atoms with Crippen molar-refractivity contribution in [2.75, 3.05) is 0 Å². The van der Waals surface area contributed by atoms with Crippen molar-refractivity contribution >= 4 is 11.8 Å². The largest absolute Gasteiger partial charge is 0.119 e. The maximum Gasteiger partial charge on any atom is 0.0210 e. The van der Waals surface area contributed by atoms with Crippen LogP contribution in [0.25, 0.3) is 0 Å². The van der Waals surface area contributed by atoms with Crippen molar-refractivity contribution in [1.29, 1.82) is 0 Å². The number of thioether (sulfide) groups is 1. The molecule has 2 aliphatic rings. The molecule has 1 heteroatoms. The zero-order valence-electron chi connectivity index (χ0n) is 10.5. The molecule has 1 aromatic carbocycles. The quantitative estimate of drug-likeness (QED) is 0.631. The van der Waals surface area contributed by atoms with Crippen LogP contribution in [-0.2, 0) is 6.42 Å². The fourth-order valence-electron chi connectivity index (χ4n) is 3.10. The first-order chi connectivity index (χ1) is 7.61. The third kappa shape index (κ3) is 1.44. The van der Waals surface area contributed by atoms with Gasteiger partial charge in [0.05, 0.1) is 0 Å². The van der Waals surface area contributed by atoms with Crippen LogP contribution >= 0.6 is 11.8 Å². The molecule has 1 fully saturated rings. The summed E-state index contributed by atoms with van der Waals surface area (Å²) in [6, 6.07) is 2.37. The predicted octanol–water partition coefficient (Wildman–Crippen LogP) is 4.57. The average Bonchev–Trinajstić information content (AvgIpc) is 2.23. The van der Waals surface area contributed by atoms with Gasteiger partial charge in [-0.15, -0.1) is 11.8 Å². The standard InChI is InChI=1S/C15H20S/c1-10-9-11(2)13-5-8-15(6-4-7-15)16-14(13)12(10)3/h9H,4-8H2,1-3H3. The van der Waals surface area contributed by atoms with Gasteiger partial charge in [-0.25, -0.2) is 0 Å². The van der Waals surface area contributed by atoms with Gasteiger partial charge in [-0.2, -0.15) is 0 Å². The van der Waals surface area contributed by atoms with Crippen molar-refractivity contribution in [3.63, 3.8) is 0 Å². The van der Waals surface area contributed by atoms with Crippen molar-refractivity contribution in [1.82, 2.24) is 0 Å². The van der Waals surface area contributed by atoms with E-state index in [2.05, 4.69) is 38.6 Å². The second-order valence-corrected chi connectivity index (χ2v) is 7.06. The monoisotopic (exact) mass is 232 g/mol. The summed E-state index contributed by atoms with van der Waals surface area (Å²) in [5, 5.41) is 0. The summed E-state index contributed by atoms with van der Waals surface area (Å²) in [5.74, 6) is 0. The third-order valence-electron chi connectivity index (χ3n) is 4.53. The molecule has 0 amide bonds. The lowest BCUT2D eigenvalue weighted by Crippen LogP contribution is -2.36. The van der Waals surface area contributed by atoms with Crippen LogP contribution in [0.4, 0.5) is 0 Å². The maximum atomic E-state index is 2.37. The minimum Gasteiger partial charge on any atom is -0.119 e. The topological polar surface area (TPSA) is 0 Å². The van der Waals surface area contributed by atoms with Gasteiger partial charge in [0.1, 0.15) is 0 Å². The Labute approximate surface area is 103 Å². The van der Waals surface area contributed by atoms with Crippen LogP contribution < -0.4 is 0 Å². The highest BCUT2D eigenvalue weighted by molar-refractivity contribution is 8.00. The molecule has 1 aliphatic heterocycles. The smallest absolute Gasteiger partial charge is 0.0210 e. The molecule has 0 bridgehead atoms. The Balaban J connectivity index is 2.08. The minimum absolute atomic E-state index is 0.637. The van der Waals surface area contributed by atoms with Crippen molar-refractivity contribution in [3.8, 4) is 0 Å². The molecule has 86 valence electrons. The second kappa shape index (κ2) is 3.53. The van der Waals surface area contributed by atoms with E-state index in [1.807, 2.05) is 0 Å². The predicted molar refractivity (Wildman–Crippen MR) is 71.4 cm³/mol. The zero-order chi connectivity index (χ0) is 11.3. The first-order valence-electron chi connectivity index (χ1n) is 6.40. The van der Waals surface area contributed by atoms with Gasteiger partial charge in [-0.1, -0.05) is 12.5 Å². The molecule has 3 rings (SSSR count). The maximum absolute atomic E-state index is 2.37. The Hall–Kier alpha value is -0.430. The van der Waals surface area contributed by atoms with Gasteiger partial charge in [0.2, 0.25) is 0 Å². The molecular weight excluding hydrogens is 212 g/mol. The van der Waals surface area contributed by atoms with Crippen LogP contribution in [0.3, 0.4) is 0 Å². The van der Waals surface area contributed by atoms with Gasteiger partial charge < -0.3 is 0 Å². The molecule has 1 spiro atoms. The fraction of sp³-hybridized carbons (Fsp3) is 0.600. The van der Waals surface area contributed by atoms with Gasteiger partial charge in [-0.05, 0) is 68.7 Å². The average molecular weight is 232 g/mol. The number of hydrogen-bond donors (Lipinski definition) is 0. The number of hydrogen-bond acceptors (Lipinski definition) is 1. The van der Waals surface area contributed by atoms with Crippen LogP contribution in [0.1, 0.15) is 47.9 Å². The SMILES string of the molecule is Cc1cc(C)c2c(c1C)SC1(CCC1)CC2. The van der Waals surface area contributed by atoms with Crippen LogP contribution in [0.15, 0.2) is 11.0 Å². The molecule has 0 unspecified atom stereocenters. The van der Waals surface area contributed by atoms with Crippen LogP contribution in [0.2, 0.25) is 0 Å². The van der Waals surface area contributed by atoms with E-state index in [-0.39, 0.29) is 0 Å². The molecule has 0 N–H and O–H groups in total. The minimum atomic E-state index is 0.637. The molecule has 1 aliphatic carbocycles. The third-order valence-corrected chi connectivity index (χ3v) is 6.33. The van der Waals surface area contributed by atoms with Crippen LogP contribution in [0.5, 0.6) is 0 Å². The molecule has 0 aromatic heterocycles. The van der Waals surface area contributed by atoms with Gasteiger partial charge in [0.15, 0.2) is 0 Å². The Morgan fingerprint density at radius 2 is 1.81 bits per heavy atom. The molecule has 0 atom stereocenters. The number of aryl methyl sites for hydroxylation is 2. The van der Waals surface area contributed by atoms with E-state index in [1.165, 1.54) is 48.8 Å². The van der Waals surface area contributed by atoms with Gasteiger partial charge in [0, 0.05) is 9.64 Å². The Bertz CT molecular complexity index is 441. The summed E-state index contributed by atoms with van der Waals surface area (Å²) in [5.41, 5.74) is 6.17. The van der Waals surface area contributed by atoms with E-state index in [0.29, 0.717) is 4.75 Å². The highest BCUT2D eigenvalue weighted by Gasteiger charge is 2.41. The molecule has 1 heterocycles. The number of fused-ring (bicyclic) bond motifs is 1. The van der Waals surface area contributed by atoms with Gasteiger partial charge >= 0.3 is 0 Å². The molecule has 1 saturated carbocycles. The summed E-state index contributed by atoms with van der Waals surface area (Å²) >= 11 is 2.20. The Morgan fingerprint density at radius 1 is 1.06 bits per heavy atom. The Morgan fingerprint density at radius 3 is 2.44 bits per heavy atom.